The molecule has 4 rings (SSSR count). The predicted molar refractivity (Wildman–Crippen MR) is 121 cm³/mol. The number of aromatic nitrogens is 3. The standard InChI is InChI=1S/C25H29FN4O/c1-16-21(14-29(6)28-16)18-7-8-19(22(26)11-18)12-30-13-20-9-10-27-24(23(20)17(30)2)31-15-25(3,4)5/h7-11,14H,2,12-13,15H2,1,3-6H3. The minimum atomic E-state index is -0.230. The number of hydrogen-bond donors (Lipinski definition) is 0. The smallest absolute Gasteiger partial charge is 0.223 e. The summed E-state index contributed by atoms with van der Waals surface area (Å²) in [5, 5.41) is 4.35. The van der Waals surface area contributed by atoms with Crippen molar-refractivity contribution in [2.24, 2.45) is 12.5 Å². The lowest BCUT2D eigenvalue weighted by atomic mass is 9.99. The number of benzene rings is 1. The van der Waals surface area contributed by atoms with E-state index in [1.54, 1.807) is 16.9 Å². The molecule has 31 heavy (non-hydrogen) atoms. The van der Waals surface area contributed by atoms with Crippen LogP contribution in [0.3, 0.4) is 0 Å². The molecule has 0 unspecified atom stereocenters. The van der Waals surface area contributed by atoms with E-state index in [1.165, 1.54) is 0 Å². The monoisotopic (exact) mass is 420 g/mol. The van der Waals surface area contributed by atoms with Gasteiger partial charge in [0, 0.05) is 49.4 Å². The first-order valence-corrected chi connectivity index (χ1v) is 10.5. The van der Waals surface area contributed by atoms with Crippen LogP contribution in [0.2, 0.25) is 0 Å². The second-order valence-electron chi connectivity index (χ2n) is 9.41. The van der Waals surface area contributed by atoms with Gasteiger partial charge in [0.05, 0.1) is 17.9 Å². The minimum Gasteiger partial charge on any atom is -0.477 e. The normalized spacial score (nSPS) is 13.6. The average molecular weight is 421 g/mol. The molecular formula is C25H29FN4O. The Bertz CT molecular complexity index is 1140. The molecular weight excluding hydrogens is 391 g/mol. The van der Waals surface area contributed by atoms with Crippen LogP contribution < -0.4 is 4.74 Å². The maximum atomic E-state index is 15.0. The van der Waals surface area contributed by atoms with Crippen molar-refractivity contribution >= 4 is 5.70 Å². The van der Waals surface area contributed by atoms with Crippen molar-refractivity contribution in [1.29, 1.82) is 0 Å². The van der Waals surface area contributed by atoms with Gasteiger partial charge in [0.1, 0.15) is 5.82 Å². The largest absolute Gasteiger partial charge is 0.477 e. The van der Waals surface area contributed by atoms with Crippen LogP contribution in [0.4, 0.5) is 4.39 Å². The fourth-order valence-electron chi connectivity index (χ4n) is 3.86. The number of fused-ring (bicyclic) bond motifs is 1. The van der Waals surface area contributed by atoms with Crippen LogP contribution in [-0.4, -0.2) is 26.3 Å². The lowest BCUT2D eigenvalue weighted by Gasteiger charge is -2.21. The van der Waals surface area contributed by atoms with Crippen molar-refractivity contribution in [3.63, 3.8) is 0 Å². The van der Waals surface area contributed by atoms with Crippen molar-refractivity contribution in [2.75, 3.05) is 6.61 Å². The molecule has 1 aliphatic heterocycles. The fourth-order valence-corrected chi connectivity index (χ4v) is 3.86. The first kappa shape index (κ1) is 21.1. The molecule has 0 N–H and O–H groups in total. The molecule has 162 valence electrons. The molecule has 0 saturated carbocycles. The van der Waals surface area contributed by atoms with Crippen LogP contribution in [0.1, 0.15) is 43.2 Å². The molecule has 0 atom stereocenters. The minimum absolute atomic E-state index is 0.0293. The first-order chi connectivity index (χ1) is 14.6. The van der Waals surface area contributed by atoms with Gasteiger partial charge >= 0.3 is 0 Å². The van der Waals surface area contributed by atoms with Crippen molar-refractivity contribution in [1.82, 2.24) is 19.7 Å². The number of rotatable bonds is 5. The number of halogens is 1. The van der Waals surface area contributed by atoms with E-state index in [0.717, 1.165) is 33.6 Å². The van der Waals surface area contributed by atoms with Gasteiger partial charge in [-0.2, -0.15) is 5.10 Å². The summed E-state index contributed by atoms with van der Waals surface area (Å²) in [5.74, 6) is 0.370. The zero-order valence-electron chi connectivity index (χ0n) is 18.9. The summed E-state index contributed by atoms with van der Waals surface area (Å²) in [6.45, 7) is 14.2. The maximum absolute atomic E-state index is 15.0. The molecule has 0 amide bonds. The summed E-state index contributed by atoms with van der Waals surface area (Å²) in [6.07, 6.45) is 3.67. The molecule has 2 aromatic heterocycles. The third-order valence-corrected chi connectivity index (χ3v) is 5.41. The summed E-state index contributed by atoms with van der Waals surface area (Å²) >= 11 is 0. The Hall–Kier alpha value is -3.15. The fraction of sp³-hybridized carbons (Fsp3) is 0.360. The van der Waals surface area contributed by atoms with Gasteiger partial charge in [-0.15, -0.1) is 0 Å². The van der Waals surface area contributed by atoms with Gasteiger partial charge in [-0.25, -0.2) is 9.37 Å². The Morgan fingerprint density at radius 3 is 2.65 bits per heavy atom. The van der Waals surface area contributed by atoms with E-state index < -0.39 is 0 Å². The number of nitrogens with zero attached hydrogens (tertiary/aromatic N) is 4. The first-order valence-electron chi connectivity index (χ1n) is 10.5. The van der Waals surface area contributed by atoms with Gasteiger partial charge in [-0.1, -0.05) is 39.5 Å². The zero-order valence-corrected chi connectivity index (χ0v) is 18.9. The highest BCUT2D eigenvalue weighted by Crippen LogP contribution is 2.38. The summed E-state index contributed by atoms with van der Waals surface area (Å²) in [6, 6.07) is 7.37. The second kappa shape index (κ2) is 7.84. The zero-order chi connectivity index (χ0) is 22.3. The van der Waals surface area contributed by atoms with E-state index >= 15 is 0 Å². The van der Waals surface area contributed by atoms with E-state index in [0.29, 0.717) is 31.1 Å². The van der Waals surface area contributed by atoms with Crippen LogP contribution in [0.15, 0.2) is 43.2 Å². The van der Waals surface area contributed by atoms with Gasteiger partial charge in [0.2, 0.25) is 5.88 Å². The predicted octanol–water partition coefficient (Wildman–Crippen LogP) is 5.34. The Kier molecular flexibility index (Phi) is 5.33. The second-order valence-corrected chi connectivity index (χ2v) is 9.41. The molecule has 0 bridgehead atoms. The molecule has 1 aliphatic rings. The molecule has 6 heteroatoms. The topological polar surface area (TPSA) is 43.2 Å². The molecule has 3 aromatic rings. The van der Waals surface area contributed by atoms with Gasteiger partial charge in [0.25, 0.3) is 0 Å². The van der Waals surface area contributed by atoms with Crippen LogP contribution in [-0.2, 0) is 20.1 Å². The quantitative estimate of drug-likeness (QED) is 0.559. The third kappa shape index (κ3) is 4.33. The lowest BCUT2D eigenvalue weighted by Crippen LogP contribution is -2.18. The maximum Gasteiger partial charge on any atom is 0.223 e. The van der Waals surface area contributed by atoms with E-state index in [1.807, 2.05) is 38.4 Å². The third-order valence-electron chi connectivity index (χ3n) is 5.41. The highest BCUT2D eigenvalue weighted by Gasteiger charge is 2.28. The van der Waals surface area contributed by atoms with Crippen LogP contribution in [0, 0.1) is 18.2 Å². The Balaban J connectivity index is 1.54. The molecule has 0 radical (unpaired) electrons. The Morgan fingerprint density at radius 1 is 1.23 bits per heavy atom. The summed E-state index contributed by atoms with van der Waals surface area (Å²) in [4.78, 5) is 6.50. The molecule has 1 aromatic carbocycles. The number of ether oxygens (including phenoxy) is 1. The molecule has 0 aliphatic carbocycles. The van der Waals surface area contributed by atoms with Gasteiger partial charge < -0.3 is 9.64 Å². The number of pyridine rings is 1. The number of aryl methyl sites for hydroxylation is 2. The van der Waals surface area contributed by atoms with E-state index in [9.17, 15) is 4.39 Å². The highest BCUT2D eigenvalue weighted by atomic mass is 19.1. The molecule has 5 nitrogen and oxygen atoms in total. The van der Waals surface area contributed by atoms with E-state index in [4.69, 9.17) is 4.74 Å². The summed E-state index contributed by atoms with van der Waals surface area (Å²) in [5.41, 5.74) is 6.16. The Labute approximate surface area is 183 Å². The van der Waals surface area contributed by atoms with Crippen molar-refractivity contribution < 1.29 is 9.13 Å². The molecule has 0 saturated heterocycles. The van der Waals surface area contributed by atoms with Crippen molar-refractivity contribution in [3.05, 3.63) is 71.4 Å². The van der Waals surface area contributed by atoms with Gasteiger partial charge in [-0.05, 0) is 35.6 Å². The van der Waals surface area contributed by atoms with Gasteiger partial charge in [-0.3, -0.25) is 4.68 Å². The van der Waals surface area contributed by atoms with E-state index in [2.05, 4.69) is 42.3 Å². The SMILES string of the molecule is C=C1c2c(ccnc2OCC(C)(C)C)CN1Cc1ccc(-c2cn(C)nc2C)cc1F. The molecule has 0 spiro atoms. The summed E-state index contributed by atoms with van der Waals surface area (Å²) in [7, 11) is 1.87. The molecule has 3 heterocycles. The average Bonchev–Trinajstić information content (AvgIpc) is 3.20. The van der Waals surface area contributed by atoms with Gasteiger partial charge in [0.15, 0.2) is 0 Å². The Morgan fingerprint density at radius 2 is 2.00 bits per heavy atom. The van der Waals surface area contributed by atoms with Crippen molar-refractivity contribution in [2.45, 2.75) is 40.8 Å². The van der Waals surface area contributed by atoms with Crippen LogP contribution in [0.25, 0.3) is 16.8 Å². The van der Waals surface area contributed by atoms with Crippen LogP contribution >= 0.6 is 0 Å². The van der Waals surface area contributed by atoms with Crippen LogP contribution in [0.5, 0.6) is 5.88 Å². The summed E-state index contributed by atoms with van der Waals surface area (Å²) < 4.78 is 22.7. The number of hydrogen-bond acceptors (Lipinski definition) is 4. The molecule has 0 fully saturated rings. The van der Waals surface area contributed by atoms with Crippen molar-refractivity contribution in [3.8, 4) is 17.0 Å². The van der Waals surface area contributed by atoms with E-state index in [-0.39, 0.29) is 11.2 Å². The highest BCUT2D eigenvalue weighted by molar-refractivity contribution is 5.72. The lowest BCUT2D eigenvalue weighted by molar-refractivity contribution is 0.191.